The van der Waals surface area contributed by atoms with Crippen LogP contribution in [0.5, 0.6) is 0 Å². The van der Waals surface area contributed by atoms with Crippen molar-refractivity contribution in [3.05, 3.63) is 71.8 Å². The summed E-state index contributed by atoms with van der Waals surface area (Å²) >= 11 is 0. The molecule has 0 aliphatic heterocycles. The molecule has 1 aliphatic rings. The molecule has 1 aliphatic carbocycles. The van der Waals surface area contributed by atoms with E-state index in [0.29, 0.717) is 5.41 Å². The minimum Gasteiger partial charge on any atom is -0.377 e. The molecule has 1 saturated carbocycles. The van der Waals surface area contributed by atoms with Crippen molar-refractivity contribution in [1.29, 1.82) is 0 Å². The Morgan fingerprint density at radius 2 is 1.47 bits per heavy atom. The summed E-state index contributed by atoms with van der Waals surface area (Å²) in [5.41, 5.74) is 3.16. The van der Waals surface area contributed by atoms with Crippen LogP contribution >= 0.6 is 0 Å². The molecule has 0 bridgehead atoms. The molecule has 0 unspecified atom stereocenters. The Morgan fingerprint density at radius 1 is 0.842 bits per heavy atom. The van der Waals surface area contributed by atoms with Gasteiger partial charge in [-0.2, -0.15) is 0 Å². The predicted molar refractivity (Wildman–Crippen MR) is 78.1 cm³/mol. The van der Waals surface area contributed by atoms with E-state index in [4.69, 9.17) is 4.74 Å². The SMILES string of the molecule is c1ccc(COCCC2(c3ccccc3)CC2)cc1. The molecular formula is C18H20O. The number of hydrogen-bond donors (Lipinski definition) is 0. The van der Waals surface area contributed by atoms with Gasteiger partial charge in [0.1, 0.15) is 0 Å². The lowest BCUT2D eigenvalue weighted by Crippen LogP contribution is -2.10. The quantitative estimate of drug-likeness (QED) is 0.695. The molecule has 1 nitrogen and oxygen atoms in total. The Bertz CT molecular complexity index is 500. The first kappa shape index (κ1) is 12.4. The molecule has 0 heterocycles. The third-order valence-corrected chi connectivity index (χ3v) is 4.08. The predicted octanol–water partition coefficient (Wildman–Crippen LogP) is 4.33. The van der Waals surface area contributed by atoms with Gasteiger partial charge in [0, 0.05) is 6.61 Å². The highest BCUT2D eigenvalue weighted by Gasteiger charge is 2.43. The van der Waals surface area contributed by atoms with Gasteiger partial charge in [-0.15, -0.1) is 0 Å². The van der Waals surface area contributed by atoms with Crippen molar-refractivity contribution in [2.45, 2.75) is 31.3 Å². The van der Waals surface area contributed by atoms with Gasteiger partial charge in [-0.1, -0.05) is 60.7 Å². The fraction of sp³-hybridized carbons (Fsp3) is 0.333. The van der Waals surface area contributed by atoms with E-state index >= 15 is 0 Å². The van der Waals surface area contributed by atoms with Crippen molar-refractivity contribution in [2.75, 3.05) is 6.61 Å². The van der Waals surface area contributed by atoms with E-state index in [1.165, 1.54) is 24.0 Å². The fourth-order valence-electron chi connectivity index (χ4n) is 2.66. The minimum absolute atomic E-state index is 0.415. The molecule has 3 rings (SSSR count). The van der Waals surface area contributed by atoms with Gasteiger partial charge in [-0.05, 0) is 35.8 Å². The zero-order valence-corrected chi connectivity index (χ0v) is 11.2. The lowest BCUT2D eigenvalue weighted by Gasteiger charge is -2.15. The van der Waals surface area contributed by atoms with Crippen molar-refractivity contribution < 1.29 is 4.74 Å². The second-order valence-corrected chi connectivity index (χ2v) is 5.43. The van der Waals surface area contributed by atoms with Crippen LogP contribution in [0.3, 0.4) is 0 Å². The molecule has 2 aromatic carbocycles. The van der Waals surface area contributed by atoms with E-state index in [2.05, 4.69) is 54.6 Å². The molecule has 0 radical (unpaired) electrons. The summed E-state index contributed by atoms with van der Waals surface area (Å²) in [6, 6.07) is 21.3. The molecule has 2 aromatic rings. The summed E-state index contributed by atoms with van der Waals surface area (Å²) in [4.78, 5) is 0. The molecule has 0 N–H and O–H groups in total. The molecule has 1 fully saturated rings. The van der Waals surface area contributed by atoms with Gasteiger partial charge in [0.15, 0.2) is 0 Å². The molecule has 19 heavy (non-hydrogen) atoms. The van der Waals surface area contributed by atoms with Gasteiger partial charge < -0.3 is 4.74 Å². The Labute approximate surface area is 115 Å². The molecule has 0 saturated heterocycles. The molecule has 0 atom stereocenters. The summed E-state index contributed by atoms with van der Waals surface area (Å²) in [5.74, 6) is 0. The molecule has 98 valence electrons. The maximum absolute atomic E-state index is 5.82. The third-order valence-electron chi connectivity index (χ3n) is 4.08. The van der Waals surface area contributed by atoms with Crippen LogP contribution in [-0.4, -0.2) is 6.61 Å². The Kier molecular flexibility index (Phi) is 3.65. The first-order chi connectivity index (χ1) is 9.39. The normalized spacial score (nSPS) is 16.2. The Morgan fingerprint density at radius 3 is 2.11 bits per heavy atom. The molecule has 1 heteroatoms. The van der Waals surface area contributed by atoms with Crippen molar-refractivity contribution in [3.63, 3.8) is 0 Å². The minimum atomic E-state index is 0.415. The standard InChI is InChI=1S/C18H20O/c1-3-7-16(8-4-1)15-19-14-13-18(11-12-18)17-9-5-2-6-10-17/h1-10H,11-15H2. The molecular weight excluding hydrogens is 232 g/mol. The van der Waals surface area contributed by atoms with Crippen LogP contribution in [0.4, 0.5) is 0 Å². The Hall–Kier alpha value is -1.60. The van der Waals surface area contributed by atoms with E-state index < -0.39 is 0 Å². The van der Waals surface area contributed by atoms with Crippen LogP contribution in [0.25, 0.3) is 0 Å². The van der Waals surface area contributed by atoms with E-state index in [-0.39, 0.29) is 0 Å². The smallest absolute Gasteiger partial charge is 0.0716 e. The van der Waals surface area contributed by atoms with Crippen LogP contribution in [0.1, 0.15) is 30.4 Å². The number of hydrogen-bond acceptors (Lipinski definition) is 1. The van der Waals surface area contributed by atoms with E-state index in [9.17, 15) is 0 Å². The third kappa shape index (κ3) is 3.05. The number of rotatable bonds is 6. The molecule has 0 aromatic heterocycles. The van der Waals surface area contributed by atoms with Crippen LogP contribution in [0.15, 0.2) is 60.7 Å². The zero-order chi connectivity index (χ0) is 13.0. The zero-order valence-electron chi connectivity index (χ0n) is 11.2. The van der Waals surface area contributed by atoms with E-state index in [1.807, 2.05) is 6.07 Å². The highest BCUT2D eigenvalue weighted by molar-refractivity contribution is 5.30. The number of ether oxygens (including phenoxy) is 1. The summed E-state index contributed by atoms with van der Waals surface area (Å²) < 4.78 is 5.82. The average molecular weight is 252 g/mol. The van der Waals surface area contributed by atoms with Crippen LogP contribution < -0.4 is 0 Å². The summed E-state index contributed by atoms with van der Waals surface area (Å²) in [7, 11) is 0. The fourth-order valence-corrected chi connectivity index (χ4v) is 2.66. The van der Waals surface area contributed by atoms with Gasteiger partial charge in [0.05, 0.1) is 6.61 Å². The second kappa shape index (κ2) is 5.58. The summed E-state index contributed by atoms with van der Waals surface area (Å²) in [5, 5.41) is 0. The van der Waals surface area contributed by atoms with Crippen LogP contribution in [0, 0.1) is 0 Å². The molecule has 0 spiro atoms. The summed E-state index contributed by atoms with van der Waals surface area (Å²) in [6.45, 7) is 1.58. The highest BCUT2D eigenvalue weighted by atomic mass is 16.5. The van der Waals surface area contributed by atoms with Crippen molar-refractivity contribution in [3.8, 4) is 0 Å². The lowest BCUT2D eigenvalue weighted by atomic mass is 9.93. The lowest BCUT2D eigenvalue weighted by molar-refractivity contribution is 0.112. The number of benzene rings is 2. The van der Waals surface area contributed by atoms with E-state index in [0.717, 1.165) is 19.6 Å². The van der Waals surface area contributed by atoms with Gasteiger partial charge >= 0.3 is 0 Å². The maximum Gasteiger partial charge on any atom is 0.0716 e. The highest BCUT2D eigenvalue weighted by Crippen LogP contribution is 2.50. The summed E-state index contributed by atoms with van der Waals surface area (Å²) in [6.07, 6.45) is 3.77. The topological polar surface area (TPSA) is 9.23 Å². The van der Waals surface area contributed by atoms with Gasteiger partial charge in [0.2, 0.25) is 0 Å². The molecule has 0 amide bonds. The van der Waals surface area contributed by atoms with Crippen molar-refractivity contribution in [2.24, 2.45) is 0 Å². The van der Waals surface area contributed by atoms with Gasteiger partial charge in [-0.25, -0.2) is 0 Å². The van der Waals surface area contributed by atoms with Crippen LogP contribution in [-0.2, 0) is 16.8 Å². The first-order valence-electron chi connectivity index (χ1n) is 7.06. The maximum atomic E-state index is 5.82. The Balaban J connectivity index is 1.48. The second-order valence-electron chi connectivity index (χ2n) is 5.43. The van der Waals surface area contributed by atoms with Crippen LogP contribution in [0.2, 0.25) is 0 Å². The van der Waals surface area contributed by atoms with Gasteiger partial charge in [-0.3, -0.25) is 0 Å². The van der Waals surface area contributed by atoms with Crippen molar-refractivity contribution in [1.82, 2.24) is 0 Å². The van der Waals surface area contributed by atoms with Gasteiger partial charge in [0.25, 0.3) is 0 Å². The largest absolute Gasteiger partial charge is 0.377 e. The van der Waals surface area contributed by atoms with Crippen molar-refractivity contribution >= 4 is 0 Å². The first-order valence-corrected chi connectivity index (χ1v) is 7.06. The van der Waals surface area contributed by atoms with E-state index in [1.54, 1.807) is 0 Å². The average Bonchev–Trinajstić information content (AvgIpc) is 3.27. The monoisotopic (exact) mass is 252 g/mol.